The van der Waals surface area contributed by atoms with Gasteiger partial charge in [0.2, 0.25) is 0 Å². The highest BCUT2D eigenvalue weighted by Gasteiger charge is 2.55. The van der Waals surface area contributed by atoms with Gasteiger partial charge in [-0.15, -0.1) is 0 Å². The van der Waals surface area contributed by atoms with E-state index in [-0.39, 0.29) is 0 Å². The Morgan fingerprint density at radius 3 is 2.33 bits per heavy atom. The van der Waals surface area contributed by atoms with Crippen LogP contribution < -0.4 is 5.32 Å². The first-order chi connectivity index (χ1) is 8.92. The lowest BCUT2D eigenvalue weighted by atomic mass is 9.87. The summed E-state index contributed by atoms with van der Waals surface area (Å²) in [6.07, 6.45) is 9.86. The summed E-state index contributed by atoms with van der Waals surface area (Å²) in [5, 5.41) is 3.90. The van der Waals surface area contributed by atoms with Crippen molar-refractivity contribution in [3.8, 4) is 0 Å². The molecule has 3 unspecified atom stereocenters. The van der Waals surface area contributed by atoms with Crippen molar-refractivity contribution in [1.82, 2.24) is 5.32 Å². The molecule has 1 N–H and O–H groups in total. The molecule has 2 nitrogen and oxygen atoms in total. The van der Waals surface area contributed by atoms with E-state index in [1.54, 1.807) is 0 Å². The molecule has 3 rings (SSSR count). The van der Waals surface area contributed by atoms with Crippen LogP contribution in [0, 0.1) is 23.7 Å². The Bertz CT molecular complexity index is 250. The van der Waals surface area contributed by atoms with Crippen molar-refractivity contribution in [3.05, 3.63) is 0 Å². The van der Waals surface area contributed by atoms with E-state index in [1.807, 2.05) is 0 Å². The van der Waals surface area contributed by atoms with Gasteiger partial charge in [0.25, 0.3) is 0 Å². The molecule has 1 aliphatic heterocycles. The second kappa shape index (κ2) is 5.92. The molecule has 0 aromatic carbocycles. The highest BCUT2D eigenvalue weighted by atomic mass is 16.5. The van der Waals surface area contributed by atoms with Crippen molar-refractivity contribution in [1.29, 1.82) is 0 Å². The van der Waals surface area contributed by atoms with Crippen molar-refractivity contribution in [2.24, 2.45) is 23.7 Å². The Kier molecular flexibility index (Phi) is 4.25. The lowest BCUT2D eigenvalue weighted by Crippen LogP contribution is -2.41. The standard InChI is InChI=1S/C16H29NO/c1-2-9-17-16(12-7-10-18-11-8-12)15-13-5-3-4-6-14(13)15/h12-17H,2-11H2,1H3. The normalized spacial score (nSPS) is 38.2. The Morgan fingerprint density at radius 2 is 1.72 bits per heavy atom. The molecule has 2 aliphatic carbocycles. The van der Waals surface area contributed by atoms with Crippen molar-refractivity contribution in [2.75, 3.05) is 19.8 Å². The summed E-state index contributed by atoms with van der Waals surface area (Å²) in [5.74, 6) is 4.06. The van der Waals surface area contributed by atoms with Gasteiger partial charge >= 0.3 is 0 Å². The molecule has 3 atom stereocenters. The monoisotopic (exact) mass is 251 g/mol. The van der Waals surface area contributed by atoms with Gasteiger partial charge in [0.05, 0.1) is 0 Å². The fourth-order valence-corrected chi connectivity index (χ4v) is 4.58. The predicted octanol–water partition coefficient (Wildman–Crippen LogP) is 3.22. The first kappa shape index (κ1) is 12.9. The minimum absolute atomic E-state index is 0.807. The smallest absolute Gasteiger partial charge is 0.0469 e. The zero-order chi connectivity index (χ0) is 12.4. The fourth-order valence-electron chi connectivity index (χ4n) is 4.58. The van der Waals surface area contributed by atoms with E-state index in [4.69, 9.17) is 4.74 Å². The maximum atomic E-state index is 5.55. The molecule has 18 heavy (non-hydrogen) atoms. The minimum atomic E-state index is 0.807. The van der Waals surface area contributed by atoms with Crippen LogP contribution in [0.3, 0.4) is 0 Å². The van der Waals surface area contributed by atoms with Gasteiger partial charge in [-0.2, -0.15) is 0 Å². The van der Waals surface area contributed by atoms with Gasteiger partial charge in [0.15, 0.2) is 0 Å². The van der Waals surface area contributed by atoms with Crippen LogP contribution in [-0.4, -0.2) is 25.8 Å². The van der Waals surface area contributed by atoms with Gasteiger partial charge < -0.3 is 10.1 Å². The molecule has 0 aromatic heterocycles. The third-order valence-electron chi connectivity index (χ3n) is 5.54. The minimum Gasteiger partial charge on any atom is -0.381 e. The van der Waals surface area contributed by atoms with Gasteiger partial charge in [0.1, 0.15) is 0 Å². The van der Waals surface area contributed by atoms with Crippen LogP contribution in [0.25, 0.3) is 0 Å². The Morgan fingerprint density at radius 1 is 1.06 bits per heavy atom. The van der Waals surface area contributed by atoms with E-state index in [9.17, 15) is 0 Å². The molecule has 2 saturated carbocycles. The second-order valence-electron chi connectivity index (χ2n) is 6.62. The van der Waals surface area contributed by atoms with Gasteiger partial charge in [0, 0.05) is 19.3 Å². The summed E-state index contributed by atoms with van der Waals surface area (Å²) in [6.45, 7) is 5.49. The fraction of sp³-hybridized carbons (Fsp3) is 1.00. The van der Waals surface area contributed by atoms with E-state index in [0.717, 1.165) is 42.9 Å². The van der Waals surface area contributed by atoms with Crippen LogP contribution in [0.5, 0.6) is 0 Å². The Labute approximate surface area is 112 Å². The molecular formula is C16H29NO. The molecule has 1 saturated heterocycles. The Hall–Kier alpha value is -0.0800. The van der Waals surface area contributed by atoms with E-state index in [1.165, 1.54) is 51.5 Å². The summed E-state index contributed by atoms with van der Waals surface area (Å²) in [7, 11) is 0. The largest absolute Gasteiger partial charge is 0.381 e. The van der Waals surface area contributed by atoms with Crippen LogP contribution in [0.1, 0.15) is 51.9 Å². The van der Waals surface area contributed by atoms with Gasteiger partial charge in [-0.3, -0.25) is 0 Å². The number of rotatable bonds is 5. The van der Waals surface area contributed by atoms with Gasteiger partial charge in [-0.25, -0.2) is 0 Å². The summed E-state index contributed by atoms with van der Waals surface area (Å²) in [6, 6.07) is 0.807. The quantitative estimate of drug-likeness (QED) is 0.810. The summed E-state index contributed by atoms with van der Waals surface area (Å²) < 4.78 is 5.55. The first-order valence-electron chi connectivity index (χ1n) is 8.23. The SMILES string of the molecule is CCCNC(C1CCOCC1)C1C2CCCCC21. The average molecular weight is 251 g/mol. The van der Waals surface area contributed by atoms with E-state index in [2.05, 4.69) is 12.2 Å². The summed E-state index contributed by atoms with van der Waals surface area (Å²) in [4.78, 5) is 0. The van der Waals surface area contributed by atoms with Crippen LogP contribution in [0.2, 0.25) is 0 Å². The number of fused-ring (bicyclic) bond motifs is 1. The van der Waals surface area contributed by atoms with Crippen LogP contribution in [0.15, 0.2) is 0 Å². The molecule has 0 radical (unpaired) electrons. The molecule has 104 valence electrons. The number of ether oxygens (including phenoxy) is 1. The molecule has 0 aromatic rings. The molecular weight excluding hydrogens is 222 g/mol. The van der Waals surface area contributed by atoms with E-state index in [0.29, 0.717) is 0 Å². The van der Waals surface area contributed by atoms with Crippen molar-refractivity contribution < 1.29 is 4.74 Å². The second-order valence-corrected chi connectivity index (χ2v) is 6.62. The summed E-state index contributed by atoms with van der Waals surface area (Å²) in [5.41, 5.74) is 0. The number of nitrogens with one attached hydrogen (secondary N) is 1. The first-order valence-corrected chi connectivity index (χ1v) is 8.23. The molecule has 2 heteroatoms. The highest BCUT2D eigenvalue weighted by Crippen LogP contribution is 2.58. The zero-order valence-corrected chi connectivity index (χ0v) is 11.9. The molecule has 0 spiro atoms. The van der Waals surface area contributed by atoms with E-state index < -0.39 is 0 Å². The van der Waals surface area contributed by atoms with Crippen molar-refractivity contribution in [3.63, 3.8) is 0 Å². The predicted molar refractivity (Wildman–Crippen MR) is 74.6 cm³/mol. The molecule has 1 heterocycles. The lowest BCUT2D eigenvalue weighted by molar-refractivity contribution is 0.0493. The molecule has 0 amide bonds. The number of hydrogen-bond donors (Lipinski definition) is 1. The Balaban J connectivity index is 1.61. The third-order valence-corrected chi connectivity index (χ3v) is 5.54. The van der Waals surface area contributed by atoms with Crippen molar-refractivity contribution in [2.45, 2.75) is 57.9 Å². The maximum Gasteiger partial charge on any atom is 0.0469 e. The average Bonchev–Trinajstić information content (AvgIpc) is 3.15. The van der Waals surface area contributed by atoms with Crippen molar-refractivity contribution >= 4 is 0 Å². The number of hydrogen-bond acceptors (Lipinski definition) is 2. The molecule has 3 aliphatic rings. The highest BCUT2D eigenvalue weighted by molar-refractivity contribution is 5.06. The molecule has 0 bridgehead atoms. The lowest BCUT2D eigenvalue weighted by Gasteiger charge is -2.32. The maximum absolute atomic E-state index is 5.55. The van der Waals surface area contributed by atoms with Gasteiger partial charge in [-0.05, 0) is 62.3 Å². The third kappa shape index (κ3) is 2.60. The summed E-state index contributed by atoms with van der Waals surface area (Å²) >= 11 is 0. The van der Waals surface area contributed by atoms with Crippen LogP contribution >= 0.6 is 0 Å². The van der Waals surface area contributed by atoms with Gasteiger partial charge in [-0.1, -0.05) is 19.8 Å². The topological polar surface area (TPSA) is 21.3 Å². The zero-order valence-electron chi connectivity index (χ0n) is 11.9. The van der Waals surface area contributed by atoms with E-state index >= 15 is 0 Å². The van der Waals surface area contributed by atoms with Crippen LogP contribution in [-0.2, 0) is 4.74 Å². The molecule has 3 fully saturated rings. The van der Waals surface area contributed by atoms with Crippen LogP contribution in [0.4, 0.5) is 0 Å².